The topological polar surface area (TPSA) is 139 Å². The van der Waals surface area contributed by atoms with Crippen molar-refractivity contribution in [3.05, 3.63) is 46.5 Å². The van der Waals surface area contributed by atoms with Crippen LogP contribution in [0.25, 0.3) is 0 Å². The molecule has 1 aliphatic carbocycles. The standard InChI is InChI=1S/C18H18N2O6/c21-8-7-19-5-6-20-9-1-2-10(22)14-13(9)17(25)15-11(23)3-4-12(24)16(15)18(14)26/h1-4,19-24H,5-8H2. The van der Waals surface area contributed by atoms with Crippen molar-refractivity contribution in [2.45, 2.75) is 0 Å². The number of ketones is 2. The molecule has 8 nitrogen and oxygen atoms in total. The van der Waals surface area contributed by atoms with Gasteiger partial charge in [-0.3, -0.25) is 9.59 Å². The fourth-order valence-electron chi connectivity index (χ4n) is 2.98. The van der Waals surface area contributed by atoms with Crippen molar-refractivity contribution in [3.8, 4) is 17.2 Å². The molecular weight excluding hydrogens is 340 g/mol. The Morgan fingerprint density at radius 2 is 1.19 bits per heavy atom. The van der Waals surface area contributed by atoms with Crippen LogP contribution in [0, 0.1) is 0 Å². The van der Waals surface area contributed by atoms with Gasteiger partial charge in [0.2, 0.25) is 11.6 Å². The molecule has 0 radical (unpaired) electrons. The maximum absolute atomic E-state index is 12.9. The van der Waals surface area contributed by atoms with E-state index in [2.05, 4.69) is 10.6 Å². The van der Waals surface area contributed by atoms with Gasteiger partial charge in [-0.15, -0.1) is 0 Å². The first-order chi connectivity index (χ1) is 12.5. The smallest absolute Gasteiger partial charge is 0.202 e. The molecule has 3 rings (SSSR count). The molecule has 0 unspecified atom stereocenters. The molecule has 0 aliphatic heterocycles. The zero-order chi connectivity index (χ0) is 18.8. The van der Waals surface area contributed by atoms with E-state index in [9.17, 15) is 24.9 Å². The van der Waals surface area contributed by atoms with Crippen LogP contribution in [0.2, 0.25) is 0 Å². The number of phenols is 3. The van der Waals surface area contributed by atoms with Crippen molar-refractivity contribution in [2.24, 2.45) is 0 Å². The predicted octanol–water partition coefficient (Wildman–Crippen LogP) is 0.573. The summed E-state index contributed by atoms with van der Waals surface area (Å²) in [5.74, 6) is -2.63. The molecule has 136 valence electrons. The van der Waals surface area contributed by atoms with Crippen LogP contribution in [0.3, 0.4) is 0 Å². The summed E-state index contributed by atoms with van der Waals surface area (Å²) in [6.07, 6.45) is 0. The summed E-state index contributed by atoms with van der Waals surface area (Å²) in [5.41, 5.74) is -0.535. The largest absolute Gasteiger partial charge is 0.507 e. The number of aromatic hydroxyl groups is 3. The monoisotopic (exact) mass is 358 g/mol. The van der Waals surface area contributed by atoms with E-state index in [1.54, 1.807) is 0 Å². The van der Waals surface area contributed by atoms with E-state index in [1.807, 2.05) is 0 Å². The van der Waals surface area contributed by atoms with Gasteiger partial charge in [-0.05, 0) is 24.3 Å². The van der Waals surface area contributed by atoms with Crippen LogP contribution in [-0.2, 0) is 0 Å². The third-order valence-corrected chi connectivity index (χ3v) is 4.16. The molecule has 0 spiro atoms. The van der Waals surface area contributed by atoms with Crippen molar-refractivity contribution >= 4 is 17.3 Å². The minimum atomic E-state index is -0.734. The van der Waals surface area contributed by atoms with Gasteiger partial charge < -0.3 is 31.1 Å². The number of phenolic OH excluding ortho intramolecular Hbond substituents is 3. The Kier molecular flexibility index (Phi) is 4.79. The third-order valence-electron chi connectivity index (χ3n) is 4.16. The number of rotatable bonds is 6. The molecule has 0 amide bonds. The molecule has 2 aromatic carbocycles. The Bertz CT molecular complexity index is 894. The summed E-state index contributed by atoms with van der Waals surface area (Å²) >= 11 is 0. The zero-order valence-electron chi connectivity index (χ0n) is 13.7. The molecule has 0 saturated carbocycles. The zero-order valence-corrected chi connectivity index (χ0v) is 13.7. The van der Waals surface area contributed by atoms with Gasteiger partial charge in [-0.1, -0.05) is 0 Å². The molecule has 0 saturated heterocycles. The van der Waals surface area contributed by atoms with Gasteiger partial charge in [0.15, 0.2) is 0 Å². The van der Waals surface area contributed by atoms with Crippen LogP contribution in [-0.4, -0.2) is 58.2 Å². The first-order valence-electron chi connectivity index (χ1n) is 8.03. The lowest BCUT2D eigenvalue weighted by molar-refractivity contribution is 0.0972. The molecule has 0 atom stereocenters. The van der Waals surface area contributed by atoms with Gasteiger partial charge in [0.25, 0.3) is 0 Å². The van der Waals surface area contributed by atoms with E-state index in [1.165, 1.54) is 12.1 Å². The summed E-state index contributed by atoms with van der Waals surface area (Å²) < 4.78 is 0. The van der Waals surface area contributed by atoms with E-state index < -0.39 is 23.1 Å². The first-order valence-corrected chi connectivity index (χ1v) is 8.03. The molecule has 6 N–H and O–H groups in total. The molecule has 0 bridgehead atoms. The average molecular weight is 358 g/mol. The minimum absolute atomic E-state index is 0.00114. The number of hydrogen-bond donors (Lipinski definition) is 6. The summed E-state index contributed by atoms with van der Waals surface area (Å²) in [4.78, 5) is 25.7. The van der Waals surface area contributed by atoms with Gasteiger partial charge >= 0.3 is 0 Å². The highest BCUT2D eigenvalue weighted by atomic mass is 16.3. The SMILES string of the molecule is O=C1c2c(O)ccc(O)c2C(=O)c2c(NCCNCCO)ccc(O)c21. The Balaban J connectivity index is 2.04. The highest BCUT2D eigenvalue weighted by Crippen LogP contribution is 2.42. The van der Waals surface area contributed by atoms with Crippen LogP contribution >= 0.6 is 0 Å². The van der Waals surface area contributed by atoms with E-state index in [-0.39, 0.29) is 34.6 Å². The van der Waals surface area contributed by atoms with E-state index in [0.29, 0.717) is 25.3 Å². The normalized spacial score (nSPS) is 12.7. The van der Waals surface area contributed by atoms with Crippen molar-refractivity contribution < 1.29 is 30.0 Å². The van der Waals surface area contributed by atoms with Crippen LogP contribution in [0.4, 0.5) is 5.69 Å². The Morgan fingerprint density at radius 3 is 1.77 bits per heavy atom. The second kappa shape index (κ2) is 7.03. The molecule has 1 aliphatic rings. The molecule has 26 heavy (non-hydrogen) atoms. The second-order valence-electron chi connectivity index (χ2n) is 5.79. The number of anilines is 1. The minimum Gasteiger partial charge on any atom is -0.507 e. The van der Waals surface area contributed by atoms with E-state index in [0.717, 1.165) is 12.1 Å². The number of hydrogen-bond acceptors (Lipinski definition) is 8. The van der Waals surface area contributed by atoms with Gasteiger partial charge in [0, 0.05) is 25.3 Å². The highest BCUT2D eigenvalue weighted by molar-refractivity contribution is 6.32. The van der Waals surface area contributed by atoms with Gasteiger partial charge in [-0.2, -0.15) is 0 Å². The maximum Gasteiger partial charge on any atom is 0.202 e. The molecule has 0 aromatic heterocycles. The number of aliphatic hydroxyl groups is 1. The maximum atomic E-state index is 12.9. The number of aliphatic hydroxyl groups excluding tert-OH is 1. The van der Waals surface area contributed by atoms with Crippen LogP contribution in [0.15, 0.2) is 24.3 Å². The molecule has 8 heteroatoms. The number of carbonyl (C=O) groups excluding carboxylic acids is 2. The quantitative estimate of drug-likeness (QED) is 0.278. The molecular formula is C18H18N2O6. The van der Waals surface area contributed by atoms with Crippen molar-refractivity contribution in [1.82, 2.24) is 5.32 Å². The van der Waals surface area contributed by atoms with E-state index in [4.69, 9.17) is 5.11 Å². The third kappa shape index (κ3) is 2.85. The lowest BCUT2D eigenvalue weighted by Crippen LogP contribution is -2.27. The van der Waals surface area contributed by atoms with Crippen LogP contribution < -0.4 is 10.6 Å². The van der Waals surface area contributed by atoms with Crippen molar-refractivity contribution in [2.75, 3.05) is 31.6 Å². The number of carbonyl (C=O) groups is 2. The average Bonchev–Trinajstić information content (AvgIpc) is 2.62. The fourth-order valence-corrected chi connectivity index (χ4v) is 2.98. The van der Waals surface area contributed by atoms with Crippen LogP contribution in [0.1, 0.15) is 31.8 Å². The lowest BCUT2D eigenvalue weighted by Gasteiger charge is -2.23. The summed E-state index contributed by atoms with van der Waals surface area (Å²) in [6, 6.07) is 5.02. The Labute approximate surface area is 148 Å². The molecule has 2 aromatic rings. The molecule has 0 heterocycles. The van der Waals surface area contributed by atoms with Gasteiger partial charge in [0.1, 0.15) is 17.2 Å². The van der Waals surface area contributed by atoms with Crippen LogP contribution in [0.5, 0.6) is 17.2 Å². The highest BCUT2D eigenvalue weighted by Gasteiger charge is 2.37. The summed E-state index contributed by atoms with van der Waals surface area (Å²) in [6.45, 7) is 1.33. The van der Waals surface area contributed by atoms with Gasteiger partial charge in [0.05, 0.1) is 28.9 Å². The number of nitrogens with one attached hydrogen (secondary N) is 2. The van der Waals surface area contributed by atoms with E-state index >= 15 is 0 Å². The summed E-state index contributed by atoms with van der Waals surface area (Å²) in [5, 5.41) is 44.8. The number of fused-ring (bicyclic) bond motifs is 2. The molecule has 0 fully saturated rings. The van der Waals surface area contributed by atoms with Crippen molar-refractivity contribution in [1.29, 1.82) is 0 Å². The Hall–Kier alpha value is -3.10. The van der Waals surface area contributed by atoms with Crippen molar-refractivity contribution in [3.63, 3.8) is 0 Å². The fraction of sp³-hybridized carbons (Fsp3) is 0.222. The summed E-state index contributed by atoms with van der Waals surface area (Å²) in [7, 11) is 0. The second-order valence-corrected chi connectivity index (χ2v) is 5.79. The van der Waals surface area contributed by atoms with Gasteiger partial charge in [-0.25, -0.2) is 0 Å². The first kappa shape index (κ1) is 17.7. The lowest BCUT2D eigenvalue weighted by atomic mass is 9.81. The predicted molar refractivity (Wildman–Crippen MR) is 93.2 cm³/mol. The number of benzene rings is 2. The Morgan fingerprint density at radius 1 is 0.692 bits per heavy atom.